The van der Waals surface area contributed by atoms with Gasteiger partial charge in [-0.25, -0.2) is 14.4 Å². The maximum Gasteiger partial charge on any atom is 0.293 e. The fraction of sp³-hybridized carbons (Fsp3) is 0.474. The smallest absolute Gasteiger partial charge is 0.293 e. The van der Waals surface area contributed by atoms with Crippen LogP contribution in [0.5, 0.6) is 0 Å². The van der Waals surface area contributed by atoms with Crippen LogP contribution in [0.25, 0.3) is 11.1 Å². The summed E-state index contributed by atoms with van der Waals surface area (Å²) in [6.07, 6.45) is 6.39. The number of halogens is 1. The highest BCUT2D eigenvalue weighted by atomic mass is 19.1. The third-order valence-electron chi connectivity index (χ3n) is 5.58. The monoisotopic (exact) mass is 388 g/mol. The van der Waals surface area contributed by atoms with Gasteiger partial charge in [0.2, 0.25) is 0 Å². The largest absolute Gasteiger partial charge is 0.393 e. The van der Waals surface area contributed by atoms with Gasteiger partial charge in [0.05, 0.1) is 11.0 Å². The summed E-state index contributed by atoms with van der Waals surface area (Å²) in [4.78, 5) is 19.2. The minimum absolute atomic E-state index is 0.00337. The number of nitro groups is 1. The van der Waals surface area contributed by atoms with Crippen molar-refractivity contribution in [1.29, 1.82) is 0 Å². The van der Waals surface area contributed by atoms with E-state index in [0.29, 0.717) is 31.7 Å². The third kappa shape index (κ3) is 3.10. The third-order valence-corrected chi connectivity index (χ3v) is 5.58. The van der Waals surface area contributed by atoms with Crippen molar-refractivity contribution < 1.29 is 19.2 Å². The first-order valence-corrected chi connectivity index (χ1v) is 9.34. The summed E-state index contributed by atoms with van der Waals surface area (Å²) in [5.74, 6) is -0.371. The lowest BCUT2D eigenvalue weighted by molar-refractivity contribution is -0.384. The molecule has 1 unspecified atom stereocenters. The zero-order chi connectivity index (χ0) is 19.9. The lowest BCUT2D eigenvalue weighted by atomic mass is 9.96. The van der Waals surface area contributed by atoms with E-state index in [-0.39, 0.29) is 28.1 Å². The molecular formula is C19H21FN4O4. The molecule has 9 heteroatoms. The highest BCUT2D eigenvalue weighted by molar-refractivity contribution is 5.76. The Hall–Kier alpha value is -2.65. The van der Waals surface area contributed by atoms with Gasteiger partial charge in [0.1, 0.15) is 17.1 Å². The number of aliphatic hydroxyl groups is 1. The van der Waals surface area contributed by atoms with Crippen molar-refractivity contribution in [2.75, 3.05) is 12.3 Å². The van der Waals surface area contributed by atoms with E-state index in [2.05, 4.69) is 9.97 Å². The van der Waals surface area contributed by atoms with Gasteiger partial charge in [-0.2, -0.15) is 0 Å². The average molecular weight is 388 g/mol. The second-order valence-electron chi connectivity index (χ2n) is 7.38. The van der Waals surface area contributed by atoms with Crippen LogP contribution < -0.4 is 5.73 Å². The van der Waals surface area contributed by atoms with Crippen molar-refractivity contribution in [2.45, 2.75) is 50.2 Å². The molecule has 28 heavy (non-hydrogen) atoms. The molecule has 1 saturated heterocycles. The first-order chi connectivity index (χ1) is 13.4. The molecule has 1 atom stereocenters. The first kappa shape index (κ1) is 18.7. The van der Waals surface area contributed by atoms with E-state index in [9.17, 15) is 15.2 Å². The number of aromatic nitrogens is 2. The van der Waals surface area contributed by atoms with Crippen molar-refractivity contribution in [2.24, 2.45) is 0 Å². The van der Waals surface area contributed by atoms with Gasteiger partial charge in [0.15, 0.2) is 5.82 Å². The molecule has 1 aliphatic carbocycles. The van der Waals surface area contributed by atoms with Gasteiger partial charge in [0.25, 0.3) is 5.69 Å². The summed E-state index contributed by atoms with van der Waals surface area (Å²) in [6.45, 7) is 0.456. The Balaban J connectivity index is 1.79. The number of nitro benzene ring substituents is 1. The Kier molecular flexibility index (Phi) is 4.72. The van der Waals surface area contributed by atoms with Gasteiger partial charge < -0.3 is 15.6 Å². The summed E-state index contributed by atoms with van der Waals surface area (Å²) in [7, 11) is 0. The van der Waals surface area contributed by atoms with Gasteiger partial charge in [-0.15, -0.1) is 0 Å². The predicted octanol–water partition coefficient (Wildman–Crippen LogP) is 3.39. The fourth-order valence-electron chi connectivity index (χ4n) is 4.05. The van der Waals surface area contributed by atoms with Crippen molar-refractivity contribution in [3.05, 3.63) is 45.8 Å². The summed E-state index contributed by atoms with van der Waals surface area (Å²) in [6, 6.07) is 1.10. The van der Waals surface area contributed by atoms with Crippen molar-refractivity contribution in [3.8, 4) is 11.1 Å². The van der Waals surface area contributed by atoms with Crippen molar-refractivity contribution in [1.82, 2.24) is 9.97 Å². The maximum absolute atomic E-state index is 15.3. The molecule has 2 aliphatic rings. The summed E-state index contributed by atoms with van der Waals surface area (Å²) >= 11 is 0. The zero-order valence-electron chi connectivity index (χ0n) is 15.2. The molecule has 0 amide bonds. The normalized spacial score (nSPS) is 21.1. The van der Waals surface area contributed by atoms with Crippen LogP contribution in [0.3, 0.4) is 0 Å². The number of nitrogens with two attached hydrogens (primary N) is 1. The highest BCUT2D eigenvalue weighted by Gasteiger charge is 2.36. The van der Waals surface area contributed by atoms with E-state index >= 15 is 4.39 Å². The van der Waals surface area contributed by atoms with Crippen LogP contribution >= 0.6 is 0 Å². The van der Waals surface area contributed by atoms with Crippen LogP contribution in [0.2, 0.25) is 0 Å². The van der Waals surface area contributed by atoms with Crippen LogP contribution in [0.15, 0.2) is 18.5 Å². The second kappa shape index (κ2) is 7.06. The molecule has 2 heterocycles. The second-order valence-corrected chi connectivity index (χ2v) is 7.38. The van der Waals surface area contributed by atoms with Gasteiger partial charge in [-0.05, 0) is 38.5 Å². The van der Waals surface area contributed by atoms with E-state index in [1.165, 1.54) is 12.4 Å². The van der Waals surface area contributed by atoms with E-state index < -0.39 is 22.4 Å². The van der Waals surface area contributed by atoms with Crippen LogP contribution in [0, 0.1) is 15.9 Å². The number of rotatable bonds is 4. The van der Waals surface area contributed by atoms with Gasteiger partial charge in [-0.3, -0.25) is 10.1 Å². The van der Waals surface area contributed by atoms with E-state index in [0.717, 1.165) is 25.3 Å². The molecule has 8 nitrogen and oxygen atoms in total. The number of nitrogen functional groups attached to an aromatic ring is 1. The van der Waals surface area contributed by atoms with Gasteiger partial charge >= 0.3 is 0 Å². The van der Waals surface area contributed by atoms with Crippen molar-refractivity contribution in [3.63, 3.8) is 0 Å². The Morgan fingerprint density at radius 1 is 1.29 bits per heavy atom. The standard InChI is InChI=1S/C19H21FN4O4/c20-16-12(11-9-22-18(23-10-11)19(25)5-1-2-6-19)8-13(24(26)27)17(21)15(16)14-4-3-7-28-14/h8-10,14,25H,1-7,21H2. The molecule has 4 rings (SSSR count). The Labute approximate surface area is 160 Å². The molecule has 2 fully saturated rings. The van der Waals surface area contributed by atoms with Crippen LogP contribution in [0.1, 0.15) is 56.0 Å². The average Bonchev–Trinajstić information content (AvgIpc) is 3.35. The van der Waals surface area contributed by atoms with Gasteiger partial charge in [-0.1, -0.05) is 0 Å². The minimum Gasteiger partial charge on any atom is -0.393 e. The Morgan fingerprint density at radius 3 is 2.54 bits per heavy atom. The maximum atomic E-state index is 15.3. The highest BCUT2D eigenvalue weighted by Crippen LogP contribution is 2.43. The zero-order valence-corrected chi connectivity index (χ0v) is 15.2. The number of ether oxygens (including phenoxy) is 1. The lowest BCUT2D eigenvalue weighted by Crippen LogP contribution is -2.24. The quantitative estimate of drug-likeness (QED) is 0.467. The van der Waals surface area contributed by atoms with Gasteiger partial charge in [0, 0.05) is 41.8 Å². The molecule has 0 radical (unpaired) electrons. The van der Waals surface area contributed by atoms with E-state index in [4.69, 9.17) is 10.5 Å². The Morgan fingerprint density at radius 2 is 1.96 bits per heavy atom. The molecule has 3 N–H and O–H groups in total. The van der Waals surface area contributed by atoms with Crippen LogP contribution in [0.4, 0.5) is 15.8 Å². The molecule has 1 aromatic heterocycles. The molecule has 1 aromatic carbocycles. The minimum atomic E-state index is -1.06. The number of anilines is 1. The molecule has 1 aliphatic heterocycles. The van der Waals surface area contributed by atoms with Crippen LogP contribution in [-0.4, -0.2) is 26.6 Å². The predicted molar refractivity (Wildman–Crippen MR) is 98.8 cm³/mol. The van der Waals surface area contributed by atoms with Crippen molar-refractivity contribution >= 4 is 11.4 Å². The lowest BCUT2D eigenvalue weighted by Gasteiger charge is -2.20. The Bertz CT molecular complexity index is 907. The molecular weight excluding hydrogens is 367 g/mol. The van der Waals surface area contributed by atoms with Crippen LogP contribution in [-0.2, 0) is 10.3 Å². The molecule has 0 spiro atoms. The molecule has 148 valence electrons. The number of hydrogen-bond acceptors (Lipinski definition) is 7. The topological polar surface area (TPSA) is 124 Å². The first-order valence-electron chi connectivity index (χ1n) is 9.34. The molecule has 1 saturated carbocycles. The molecule has 0 bridgehead atoms. The SMILES string of the molecule is Nc1c([N+](=O)[O-])cc(-c2cnc(C3(O)CCCC3)nc2)c(F)c1C1CCCO1. The summed E-state index contributed by atoms with van der Waals surface area (Å²) in [5.41, 5.74) is 4.55. The molecule has 2 aromatic rings. The number of hydrogen-bond donors (Lipinski definition) is 2. The van der Waals surface area contributed by atoms with E-state index in [1.807, 2.05) is 0 Å². The summed E-state index contributed by atoms with van der Waals surface area (Å²) < 4.78 is 20.8. The number of nitrogens with zero attached hydrogens (tertiary/aromatic N) is 3. The summed E-state index contributed by atoms with van der Waals surface area (Å²) in [5, 5.41) is 22.1. The van der Waals surface area contributed by atoms with E-state index in [1.54, 1.807) is 0 Å². The fourth-order valence-corrected chi connectivity index (χ4v) is 4.05. The number of benzene rings is 1.